The molecule has 0 unspecified atom stereocenters. The summed E-state index contributed by atoms with van der Waals surface area (Å²) in [7, 11) is 0. The number of amides is 1. The van der Waals surface area contributed by atoms with Crippen LogP contribution in [0.3, 0.4) is 0 Å². The van der Waals surface area contributed by atoms with Crippen molar-refractivity contribution in [3.8, 4) is 5.75 Å². The summed E-state index contributed by atoms with van der Waals surface area (Å²) in [4.78, 5) is 12.3. The molecule has 0 saturated carbocycles. The van der Waals surface area contributed by atoms with E-state index in [1.54, 1.807) is 13.1 Å². The number of para-hydroxylation sites is 1. The largest absolute Gasteiger partial charge is 0.481 e. The van der Waals surface area contributed by atoms with Crippen molar-refractivity contribution in [2.75, 3.05) is 0 Å². The topological polar surface area (TPSA) is 63.8 Å². The average molecular weight is 364 g/mol. The summed E-state index contributed by atoms with van der Waals surface area (Å²) in [6, 6.07) is 13.6. The monoisotopic (exact) mass is 364 g/mol. The van der Waals surface area contributed by atoms with Gasteiger partial charge in [0.05, 0.1) is 6.21 Å². The molecule has 0 aliphatic carbocycles. The number of aryl methyl sites for hydroxylation is 2. The molecule has 0 fully saturated rings. The zero-order chi connectivity index (χ0) is 19.4. The van der Waals surface area contributed by atoms with Gasteiger partial charge in [-0.25, -0.2) is 5.43 Å². The number of benzene rings is 2. The quantitative estimate of drug-likeness (QED) is 0.516. The maximum absolute atomic E-state index is 12.3. The van der Waals surface area contributed by atoms with Gasteiger partial charge in [0.25, 0.3) is 5.91 Å². The van der Waals surface area contributed by atoms with Gasteiger partial charge in [-0.15, -0.1) is 0 Å². The molecule has 1 atom stereocenters. The zero-order valence-electron chi connectivity index (χ0n) is 16.1. The van der Waals surface area contributed by atoms with E-state index in [0.717, 1.165) is 39.8 Å². The van der Waals surface area contributed by atoms with Crippen molar-refractivity contribution in [3.63, 3.8) is 0 Å². The molecule has 1 aromatic heterocycles. The Morgan fingerprint density at radius 1 is 1.22 bits per heavy atom. The van der Waals surface area contributed by atoms with Crippen molar-refractivity contribution in [1.82, 2.24) is 5.43 Å². The minimum absolute atomic E-state index is 0.307. The van der Waals surface area contributed by atoms with E-state index in [4.69, 9.17) is 9.15 Å². The number of carbonyl (C=O) groups is 1. The second-order valence-electron chi connectivity index (χ2n) is 6.48. The molecule has 3 rings (SSSR count). The highest BCUT2D eigenvalue weighted by molar-refractivity contribution is 5.99. The van der Waals surface area contributed by atoms with Crippen LogP contribution >= 0.6 is 0 Å². The van der Waals surface area contributed by atoms with E-state index in [2.05, 4.69) is 10.5 Å². The summed E-state index contributed by atoms with van der Waals surface area (Å²) in [5.74, 6) is 1.24. The minimum atomic E-state index is -0.658. The molecular formula is C22H24N2O3. The molecule has 1 amide bonds. The number of fused-ring (bicyclic) bond motifs is 1. The van der Waals surface area contributed by atoms with Crippen LogP contribution in [0, 0.1) is 13.8 Å². The van der Waals surface area contributed by atoms with Crippen molar-refractivity contribution >= 4 is 23.1 Å². The normalized spacial score (nSPS) is 12.4. The molecule has 0 spiro atoms. The molecule has 0 bridgehead atoms. The Morgan fingerprint density at radius 2 is 2.00 bits per heavy atom. The first kappa shape index (κ1) is 18.7. The number of ether oxygens (including phenoxy) is 1. The number of hydrogen-bond donors (Lipinski definition) is 1. The minimum Gasteiger partial charge on any atom is -0.481 e. The van der Waals surface area contributed by atoms with Gasteiger partial charge in [0.15, 0.2) is 6.10 Å². The van der Waals surface area contributed by atoms with Gasteiger partial charge in [0.1, 0.15) is 17.1 Å². The van der Waals surface area contributed by atoms with Crippen molar-refractivity contribution in [1.29, 1.82) is 0 Å². The molecule has 1 heterocycles. The fourth-order valence-corrected chi connectivity index (χ4v) is 2.87. The van der Waals surface area contributed by atoms with Gasteiger partial charge in [-0.05, 0) is 44.0 Å². The maximum atomic E-state index is 12.3. The van der Waals surface area contributed by atoms with Crippen LogP contribution in [-0.2, 0) is 11.2 Å². The van der Waals surface area contributed by atoms with E-state index in [-0.39, 0.29) is 5.91 Å². The average Bonchev–Trinajstić information content (AvgIpc) is 3.03. The lowest BCUT2D eigenvalue weighted by Crippen LogP contribution is -2.33. The van der Waals surface area contributed by atoms with Gasteiger partial charge in [-0.2, -0.15) is 5.10 Å². The molecule has 5 heteroatoms. The molecule has 27 heavy (non-hydrogen) atoms. The lowest BCUT2D eigenvalue weighted by atomic mass is 10.1. The number of carbonyl (C=O) groups excluding carboxylic acids is 1. The van der Waals surface area contributed by atoms with Crippen LogP contribution in [-0.4, -0.2) is 18.2 Å². The summed E-state index contributed by atoms with van der Waals surface area (Å²) in [5, 5.41) is 5.09. The summed E-state index contributed by atoms with van der Waals surface area (Å²) >= 11 is 0. The summed E-state index contributed by atoms with van der Waals surface area (Å²) < 4.78 is 11.6. The van der Waals surface area contributed by atoms with E-state index in [1.807, 2.05) is 63.2 Å². The molecule has 0 aliphatic heterocycles. The molecule has 2 aromatic carbocycles. The Kier molecular flexibility index (Phi) is 5.60. The Balaban J connectivity index is 1.69. The van der Waals surface area contributed by atoms with Crippen LogP contribution in [0.4, 0.5) is 0 Å². The summed E-state index contributed by atoms with van der Waals surface area (Å²) in [6.07, 6.45) is 1.72. The number of hydrogen-bond acceptors (Lipinski definition) is 4. The second-order valence-corrected chi connectivity index (χ2v) is 6.48. The van der Waals surface area contributed by atoms with Crippen molar-refractivity contribution in [2.45, 2.75) is 40.2 Å². The predicted octanol–water partition coefficient (Wildman–Crippen LogP) is 4.53. The molecule has 0 aliphatic rings. The Hall–Kier alpha value is -3.08. The number of rotatable bonds is 6. The molecular weight excluding hydrogens is 340 g/mol. The molecule has 1 N–H and O–H groups in total. The number of furan rings is 1. The van der Waals surface area contributed by atoms with Crippen molar-refractivity contribution < 1.29 is 13.9 Å². The summed E-state index contributed by atoms with van der Waals surface area (Å²) in [6.45, 7) is 7.71. The third-order valence-corrected chi connectivity index (χ3v) is 4.63. The number of nitrogens with one attached hydrogen (secondary N) is 1. The van der Waals surface area contributed by atoms with Crippen LogP contribution in [0.25, 0.3) is 11.0 Å². The standard InChI is InChI=1S/C22H24N2O3/c1-5-19-18(17-10-6-7-11-21(17)27-19)13-23-24-22(25)16(4)26-20-12-8-9-14(2)15(20)3/h6-13,16H,5H2,1-4H3,(H,24,25)/b23-13-/t16-/m0/s1. The molecule has 0 saturated heterocycles. The van der Waals surface area contributed by atoms with Crippen LogP contribution < -0.4 is 10.2 Å². The van der Waals surface area contributed by atoms with Crippen LogP contribution in [0.5, 0.6) is 5.75 Å². The van der Waals surface area contributed by atoms with Crippen LogP contribution in [0.1, 0.15) is 36.3 Å². The van der Waals surface area contributed by atoms with Crippen LogP contribution in [0.15, 0.2) is 52.0 Å². The number of nitrogens with zero attached hydrogens (tertiary/aromatic N) is 1. The molecule has 5 nitrogen and oxygen atoms in total. The van der Waals surface area contributed by atoms with Gasteiger partial charge >= 0.3 is 0 Å². The van der Waals surface area contributed by atoms with Gasteiger partial charge in [0.2, 0.25) is 0 Å². The fraction of sp³-hybridized carbons (Fsp3) is 0.273. The van der Waals surface area contributed by atoms with E-state index in [0.29, 0.717) is 5.75 Å². The van der Waals surface area contributed by atoms with Crippen molar-refractivity contribution in [3.05, 3.63) is 64.9 Å². The van der Waals surface area contributed by atoms with E-state index in [1.165, 1.54) is 0 Å². The fourth-order valence-electron chi connectivity index (χ4n) is 2.87. The Labute approximate surface area is 159 Å². The highest BCUT2D eigenvalue weighted by Crippen LogP contribution is 2.25. The van der Waals surface area contributed by atoms with Crippen molar-refractivity contribution in [2.24, 2.45) is 5.10 Å². The Bertz CT molecular complexity index is 988. The van der Waals surface area contributed by atoms with Gasteiger partial charge in [-0.3, -0.25) is 4.79 Å². The van der Waals surface area contributed by atoms with E-state index < -0.39 is 6.10 Å². The first-order valence-corrected chi connectivity index (χ1v) is 9.07. The number of hydrazone groups is 1. The molecule has 0 radical (unpaired) electrons. The third-order valence-electron chi connectivity index (χ3n) is 4.63. The lowest BCUT2D eigenvalue weighted by molar-refractivity contribution is -0.127. The first-order chi connectivity index (χ1) is 13.0. The predicted molar refractivity (Wildman–Crippen MR) is 107 cm³/mol. The smallest absolute Gasteiger partial charge is 0.280 e. The lowest BCUT2D eigenvalue weighted by Gasteiger charge is -2.15. The van der Waals surface area contributed by atoms with Gasteiger partial charge in [-0.1, -0.05) is 37.3 Å². The first-order valence-electron chi connectivity index (χ1n) is 9.07. The van der Waals surface area contributed by atoms with Crippen LogP contribution in [0.2, 0.25) is 0 Å². The van der Waals surface area contributed by atoms with Gasteiger partial charge < -0.3 is 9.15 Å². The molecule has 3 aromatic rings. The highest BCUT2D eigenvalue weighted by Gasteiger charge is 2.16. The maximum Gasteiger partial charge on any atom is 0.280 e. The van der Waals surface area contributed by atoms with E-state index >= 15 is 0 Å². The summed E-state index contributed by atoms with van der Waals surface area (Å²) in [5.41, 5.74) is 6.40. The highest BCUT2D eigenvalue weighted by atomic mass is 16.5. The van der Waals surface area contributed by atoms with Gasteiger partial charge in [0, 0.05) is 17.4 Å². The molecule has 140 valence electrons. The zero-order valence-corrected chi connectivity index (χ0v) is 16.1. The van der Waals surface area contributed by atoms with E-state index in [9.17, 15) is 4.79 Å². The second kappa shape index (κ2) is 8.08. The SMILES string of the molecule is CCc1oc2ccccc2c1/C=N\NC(=O)[C@H](C)Oc1cccc(C)c1C. The third kappa shape index (κ3) is 4.03. The Morgan fingerprint density at radius 3 is 2.78 bits per heavy atom.